The summed E-state index contributed by atoms with van der Waals surface area (Å²) in [4.78, 5) is 8.08. The smallest absolute Gasteiger partial charge is 0.143 e. The van der Waals surface area contributed by atoms with E-state index in [1.165, 1.54) is 0 Å². The second-order valence-electron chi connectivity index (χ2n) is 3.53. The molecule has 2 N–H and O–H groups in total. The molecule has 4 heteroatoms. The second-order valence-corrected chi connectivity index (χ2v) is 3.53. The van der Waals surface area contributed by atoms with E-state index in [-0.39, 0.29) is 0 Å². The molecule has 0 aliphatic rings. The minimum Gasteiger partial charge on any atom is -0.485 e. The Labute approximate surface area is 94.1 Å². The number of hydrogen-bond donors (Lipinski definition) is 1. The molecule has 0 aliphatic heterocycles. The SMILES string of the molecule is Cc1ccc(N)c(OCc2cnccn2)c1. The van der Waals surface area contributed by atoms with Crippen LogP contribution in [0, 0.1) is 6.92 Å². The highest BCUT2D eigenvalue weighted by Gasteiger charge is 2.01. The van der Waals surface area contributed by atoms with Crippen LogP contribution in [0.4, 0.5) is 5.69 Å². The van der Waals surface area contributed by atoms with Crippen molar-refractivity contribution in [2.45, 2.75) is 13.5 Å². The minimum atomic E-state index is 0.376. The normalized spacial score (nSPS) is 10.1. The lowest BCUT2D eigenvalue weighted by molar-refractivity contribution is 0.302. The third-order valence-corrected chi connectivity index (χ3v) is 2.16. The maximum Gasteiger partial charge on any atom is 0.143 e. The van der Waals surface area contributed by atoms with E-state index in [9.17, 15) is 0 Å². The fourth-order valence-corrected chi connectivity index (χ4v) is 1.32. The molecule has 1 heterocycles. The van der Waals surface area contributed by atoms with Gasteiger partial charge in [0, 0.05) is 12.4 Å². The average molecular weight is 215 g/mol. The van der Waals surface area contributed by atoms with E-state index in [4.69, 9.17) is 10.5 Å². The van der Waals surface area contributed by atoms with Gasteiger partial charge in [0.15, 0.2) is 0 Å². The molecule has 1 aromatic carbocycles. The maximum atomic E-state index is 5.79. The number of hydrogen-bond acceptors (Lipinski definition) is 4. The van der Waals surface area contributed by atoms with Crippen molar-refractivity contribution in [1.29, 1.82) is 0 Å². The lowest BCUT2D eigenvalue weighted by Crippen LogP contribution is -2.01. The number of nitrogens with two attached hydrogens (primary N) is 1. The highest BCUT2D eigenvalue weighted by molar-refractivity contribution is 5.53. The van der Waals surface area contributed by atoms with Crippen molar-refractivity contribution in [2.24, 2.45) is 0 Å². The molecule has 0 amide bonds. The molecule has 0 unspecified atom stereocenters. The van der Waals surface area contributed by atoms with Crippen LogP contribution in [0.2, 0.25) is 0 Å². The number of anilines is 1. The van der Waals surface area contributed by atoms with Gasteiger partial charge < -0.3 is 10.5 Å². The molecule has 16 heavy (non-hydrogen) atoms. The molecule has 0 spiro atoms. The van der Waals surface area contributed by atoms with Gasteiger partial charge in [-0.15, -0.1) is 0 Å². The first-order valence-corrected chi connectivity index (χ1v) is 4.99. The predicted molar refractivity (Wildman–Crippen MR) is 62.0 cm³/mol. The average Bonchev–Trinajstić information content (AvgIpc) is 2.32. The maximum absolute atomic E-state index is 5.79. The topological polar surface area (TPSA) is 61.0 Å². The highest BCUT2D eigenvalue weighted by atomic mass is 16.5. The molecule has 0 bridgehead atoms. The first-order valence-electron chi connectivity index (χ1n) is 4.99. The summed E-state index contributed by atoms with van der Waals surface area (Å²) >= 11 is 0. The fraction of sp³-hybridized carbons (Fsp3) is 0.167. The first-order chi connectivity index (χ1) is 7.75. The molecule has 2 rings (SSSR count). The van der Waals surface area contributed by atoms with Crippen LogP contribution < -0.4 is 10.5 Å². The number of ether oxygens (including phenoxy) is 1. The van der Waals surface area contributed by atoms with Crippen LogP contribution in [0.15, 0.2) is 36.8 Å². The van der Waals surface area contributed by atoms with Crippen LogP contribution in [0.5, 0.6) is 5.75 Å². The van der Waals surface area contributed by atoms with Crippen LogP contribution in [0.25, 0.3) is 0 Å². The Kier molecular flexibility index (Phi) is 3.00. The number of aryl methyl sites for hydroxylation is 1. The lowest BCUT2D eigenvalue weighted by atomic mass is 10.2. The van der Waals surface area contributed by atoms with Gasteiger partial charge in [0.25, 0.3) is 0 Å². The third-order valence-electron chi connectivity index (χ3n) is 2.16. The van der Waals surface area contributed by atoms with Gasteiger partial charge in [0.05, 0.1) is 17.6 Å². The van der Waals surface area contributed by atoms with Crippen LogP contribution in [0.1, 0.15) is 11.3 Å². The van der Waals surface area contributed by atoms with E-state index in [0.29, 0.717) is 18.0 Å². The fourth-order valence-electron chi connectivity index (χ4n) is 1.32. The summed E-state index contributed by atoms with van der Waals surface area (Å²) < 4.78 is 5.58. The highest BCUT2D eigenvalue weighted by Crippen LogP contribution is 2.22. The van der Waals surface area contributed by atoms with E-state index in [1.807, 2.05) is 25.1 Å². The summed E-state index contributed by atoms with van der Waals surface area (Å²) in [7, 11) is 0. The second kappa shape index (κ2) is 4.61. The summed E-state index contributed by atoms with van der Waals surface area (Å²) in [6, 6.07) is 5.69. The Morgan fingerprint density at radius 1 is 1.31 bits per heavy atom. The molecule has 0 radical (unpaired) electrons. The lowest BCUT2D eigenvalue weighted by Gasteiger charge is -2.08. The predicted octanol–water partition coefficient (Wildman–Crippen LogP) is 1.95. The zero-order chi connectivity index (χ0) is 11.4. The van der Waals surface area contributed by atoms with Crippen LogP contribution >= 0.6 is 0 Å². The molecule has 82 valence electrons. The first kappa shape index (κ1) is 10.4. The van der Waals surface area contributed by atoms with Crippen molar-refractivity contribution in [3.63, 3.8) is 0 Å². The standard InChI is InChI=1S/C12H13N3O/c1-9-2-3-11(13)12(6-9)16-8-10-7-14-4-5-15-10/h2-7H,8,13H2,1H3. The molecule has 0 aliphatic carbocycles. The summed E-state index contributed by atoms with van der Waals surface area (Å²) in [5, 5.41) is 0. The Morgan fingerprint density at radius 2 is 2.19 bits per heavy atom. The van der Waals surface area contributed by atoms with Crippen LogP contribution in [-0.4, -0.2) is 9.97 Å². The molecule has 4 nitrogen and oxygen atoms in total. The van der Waals surface area contributed by atoms with Gasteiger partial charge in [-0.3, -0.25) is 9.97 Å². The largest absolute Gasteiger partial charge is 0.485 e. The van der Waals surface area contributed by atoms with Gasteiger partial charge >= 0.3 is 0 Å². The molecular weight excluding hydrogens is 202 g/mol. The van der Waals surface area contributed by atoms with Gasteiger partial charge in [-0.25, -0.2) is 0 Å². The van der Waals surface area contributed by atoms with Crippen molar-refractivity contribution in [3.05, 3.63) is 48.0 Å². The van der Waals surface area contributed by atoms with Gasteiger partial charge in [-0.1, -0.05) is 6.07 Å². The zero-order valence-electron chi connectivity index (χ0n) is 9.05. The summed E-state index contributed by atoms with van der Waals surface area (Å²) in [6.45, 7) is 2.37. The molecule has 2 aromatic rings. The van der Waals surface area contributed by atoms with Crippen molar-refractivity contribution in [3.8, 4) is 5.75 Å². The Balaban J connectivity index is 2.08. The van der Waals surface area contributed by atoms with Crippen molar-refractivity contribution in [2.75, 3.05) is 5.73 Å². The number of aromatic nitrogens is 2. The number of rotatable bonds is 3. The summed E-state index contributed by atoms with van der Waals surface area (Å²) in [5.41, 5.74) is 8.32. The summed E-state index contributed by atoms with van der Waals surface area (Å²) in [6.07, 6.45) is 4.94. The summed E-state index contributed by atoms with van der Waals surface area (Å²) in [5.74, 6) is 0.686. The van der Waals surface area contributed by atoms with E-state index in [0.717, 1.165) is 11.3 Å². The quantitative estimate of drug-likeness (QED) is 0.795. The Bertz CT molecular complexity index is 471. The van der Waals surface area contributed by atoms with Gasteiger partial charge in [-0.05, 0) is 24.6 Å². The Morgan fingerprint density at radius 3 is 2.94 bits per heavy atom. The van der Waals surface area contributed by atoms with Crippen molar-refractivity contribution < 1.29 is 4.74 Å². The number of benzene rings is 1. The molecular formula is C12H13N3O. The van der Waals surface area contributed by atoms with E-state index in [1.54, 1.807) is 18.6 Å². The number of nitrogen functional groups attached to an aromatic ring is 1. The van der Waals surface area contributed by atoms with Crippen molar-refractivity contribution >= 4 is 5.69 Å². The number of nitrogens with zero attached hydrogens (tertiary/aromatic N) is 2. The Hall–Kier alpha value is -2.10. The van der Waals surface area contributed by atoms with Crippen molar-refractivity contribution in [1.82, 2.24) is 9.97 Å². The zero-order valence-corrected chi connectivity index (χ0v) is 9.05. The van der Waals surface area contributed by atoms with Crippen LogP contribution in [0.3, 0.4) is 0 Å². The van der Waals surface area contributed by atoms with Gasteiger partial charge in [0.1, 0.15) is 12.4 Å². The molecule has 0 atom stereocenters. The molecule has 1 aromatic heterocycles. The minimum absolute atomic E-state index is 0.376. The molecule has 0 saturated heterocycles. The molecule has 0 fully saturated rings. The van der Waals surface area contributed by atoms with E-state index >= 15 is 0 Å². The van der Waals surface area contributed by atoms with E-state index in [2.05, 4.69) is 9.97 Å². The molecule has 0 saturated carbocycles. The van der Waals surface area contributed by atoms with E-state index < -0.39 is 0 Å². The van der Waals surface area contributed by atoms with Gasteiger partial charge in [-0.2, -0.15) is 0 Å². The van der Waals surface area contributed by atoms with Gasteiger partial charge in [0.2, 0.25) is 0 Å². The third kappa shape index (κ3) is 2.48. The van der Waals surface area contributed by atoms with Crippen LogP contribution in [-0.2, 0) is 6.61 Å². The monoisotopic (exact) mass is 215 g/mol.